The van der Waals surface area contributed by atoms with Crippen LogP contribution in [0.4, 0.5) is 0 Å². The van der Waals surface area contributed by atoms with Crippen LogP contribution in [-0.4, -0.2) is 20.0 Å². The maximum absolute atomic E-state index is 10.6. The summed E-state index contributed by atoms with van der Waals surface area (Å²) in [7, 11) is 3.75. The first-order valence-electron chi connectivity index (χ1n) is 4.71. The van der Waals surface area contributed by atoms with Crippen LogP contribution in [0.1, 0.15) is 33.1 Å². The minimum Gasteiger partial charge on any atom is -0.366 e. The molecular formula is C10H22N2O. The summed E-state index contributed by atoms with van der Waals surface area (Å²) < 4.78 is 0. The van der Waals surface area contributed by atoms with E-state index in [0.717, 1.165) is 24.8 Å². The molecule has 0 spiro atoms. The molecule has 0 saturated heterocycles. The summed E-state index contributed by atoms with van der Waals surface area (Å²) >= 11 is 0. The average Bonchev–Trinajstić information content (AvgIpc) is 2.06. The molecule has 0 aromatic rings. The highest BCUT2D eigenvalue weighted by molar-refractivity contribution is 5.91. The van der Waals surface area contributed by atoms with E-state index in [0.29, 0.717) is 0 Å². The van der Waals surface area contributed by atoms with Crippen LogP contribution in [0, 0.1) is 0 Å². The van der Waals surface area contributed by atoms with E-state index in [1.807, 2.05) is 27.1 Å². The molecule has 0 aliphatic heterocycles. The van der Waals surface area contributed by atoms with Crippen molar-refractivity contribution in [3.05, 3.63) is 11.6 Å². The van der Waals surface area contributed by atoms with Crippen molar-refractivity contribution in [3.8, 4) is 0 Å². The molecule has 0 rings (SSSR count). The number of allylic oxidation sites excluding steroid dienone is 1. The van der Waals surface area contributed by atoms with Crippen molar-refractivity contribution in [1.29, 1.82) is 0 Å². The van der Waals surface area contributed by atoms with Gasteiger partial charge in [0.1, 0.15) is 0 Å². The second-order valence-electron chi connectivity index (χ2n) is 2.74. The predicted octanol–water partition coefficient (Wildman–Crippen LogP) is 1.44. The molecule has 0 radical (unpaired) electrons. The maximum atomic E-state index is 10.6. The number of unbranched alkanes of at least 4 members (excludes halogenated alkanes) is 1. The zero-order valence-electron chi connectivity index (χ0n) is 9.18. The van der Waals surface area contributed by atoms with Gasteiger partial charge in [-0.3, -0.25) is 4.79 Å². The largest absolute Gasteiger partial charge is 0.366 e. The van der Waals surface area contributed by atoms with Crippen molar-refractivity contribution >= 4 is 5.91 Å². The summed E-state index contributed by atoms with van der Waals surface area (Å²) in [5, 5.41) is 2.75. The first-order chi connectivity index (χ1) is 6.13. The molecule has 78 valence electrons. The highest BCUT2D eigenvalue weighted by atomic mass is 16.1. The molecule has 3 N–H and O–H groups in total. The third-order valence-electron chi connectivity index (χ3n) is 1.38. The molecule has 0 aromatic heterocycles. The monoisotopic (exact) mass is 186 g/mol. The standard InChI is InChI=1S/C8H15NO.C2H7N/c1-3-5-6-7(4-2)8(9)10;1-3-2/h6H,3-5H2,1-2H3,(H2,9,10);3H,1-2H3. The molecule has 13 heavy (non-hydrogen) atoms. The molecule has 0 heterocycles. The Morgan fingerprint density at radius 1 is 1.38 bits per heavy atom. The van der Waals surface area contributed by atoms with Crippen LogP contribution < -0.4 is 11.1 Å². The Kier molecular flexibility index (Phi) is 12.6. The van der Waals surface area contributed by atoms with Crippen LogP contribution in [0.5, 0.6) is 0 Å². The van der Waals surface area contributed by atoms with Gasteiger partial charge in [0.2, 0.25) is 5.91 Å². The van der Waals surface area contributed by atoms with E-state index in [1.54, 1.807) is 0 Å². The summed E-state index contributed by atoms with van der Waals surface area (Å²) in [6, 6.07) is 0. The van der Waals surface area contributed by atoms with Gasteiger partial charge in [0.15, 0.2) is 0 Å². The van der Waals surface area contributed by atoms with Crippen LogP contribution in [0.25, 0.3) is 0 Å². The molecule has 0 fully saturated rings. The van der Waals surface area contributed by atoms with E-state index in [1.165, 1.54) is 0 Å². The predicted molar refractivity (Wildman–Crippen MR) is 57.5 cm³/mol. The number of rotatable bonds is 4. The van der Waals surface area contributed by atoms with Crippen molar-refractivity contribution in [2.45, 2.75) is 33.1 Å². The van der Waals surface area contributed by atoms with Gasteiger partial charge in [-0.15, -0.1) is 0 Å². The van der Waals surface area contributed by atoms with Gasteiger partial charge in [0.05, 0.1) is 0 Å². The Labute approximate surface area is 81.4 Å². The first-order valence-corrected chi connectivity index (χ1v) is 4.71. The summed E-state index contributed by atoms with van der Waals surface area (Å²) in [5.41, 5.74) is 5.83. The topological polar surface area (TPSA) is 55.1 Å². The van der Waals surface area contributed by atoms with E-state index in [2.05, 4.69) is 12.2 Å². The molecule has 3 nitrogen and oxygen atoms in total. The molecule has 0 aliphatic carbocycles. The Bertz CT molecular complexity index is 153. The van der Waals surface area contributed by atoms with Gasteiger partial charge >= 0.3 is 0 Å². The molecule has 0 bridgehead atoms. The Morgan fingerprint density at radius 2 is 1.85 bits per heavy atom. The number of primary amides is 1. The van der Waals surface area contributed by atoms with Crippen LogP contribution >= 0.6 is 0 Å². The molecule has 0 aromatic carbocycles. The van der Waals surface area contributed by atoms with Crippen LogP contribution in [-0.2, 0) is 4.79 Å². The van der Waals surface area contributed by atoms with Gasteiger partial charge in [0.25, 0.3) is 0 Å². The second-order valence-corrected chi connectivity index (χ2v) is 2.74. The average molecular weight is 186 g/mol. The number of carbonyl (C=O) groups is 1. The second kappa shape index (κ2) is 11.2. The molecule has 0 saturated carbocycles. The smallest absolute Gasteiger partial charge is 0.244 e. The van der Waals surface area contributed by atoms with Gasteiger partial charge in [-0.2, -0.15) is 0 Å². The number of nitrogens with one attached hydrogen (secondary N) is 1. The van der Waals surface area contributed by atoms with Crippen molar-refractivity contribution in [1.82, 2.24) is 5.32 Å². The summed E-state index contributed by atoms with van der Waals surface area (Å²) in [5.74, 6) is -0.282. The van der Waals surface area contributed by atoms with E-state index in [-0.39, 0.29) is 5.91 Å². The zero-order valence-corrected chi connectivity index (χ0v) is 9.18. The summed E-state index contributed by atoms with van der Waals surface area (Å²) in [6.07, 6.45) is 4.68. The maximum Gasteiger partial charge on any atom is 0.244 e. The Hall–Kier alpha value is -0.830. The zero-order chi connectivity index (χ0) is 10.7. The number of hydrogen-bond acceptors (Lipinski definition) is 2. The number of carbonyl (C=O) groups excluding carboxylic acids is 1. The number of nitrogens with two attached hydrogens (primary N) is 1. The van der Waals surface area contributed by atoms with Crippen LogP contribution in [0.3, 0.4) is 0 Å². The lowest BCUT2D eigenvalue weighted by atomic mass is 10.1. The fourth-order valence-electron chi connectivity index (χ4n) is 0.738. The minimum atomic E-state index is -0.282. The van der Waals surface area contributed by atoms with Gasteiger partial charge in [-0.05, 0) is 26.9 Å². The van der Waals surface area contributed by atoms with E-state index >= 15 is 0 Å². The van der Waals surface area contributed by atoms with E-state index < -0.39 is 0 Å². The van der Waals surface area contributed by atoms with Crippen molar-refractivity contribution in [2.75, 3.05) is 14.1 Å². The van der Waals surface area contributed by atoms with Gasteiger partial charge in [0, 0.05) is 5.57 Å². The summed E-state index contributed by atoms with van der Waals surface area (Å²) in [6.45, 7) is 4.01. The first kappa shape index (κ1) is 14.7. The third-order valence-corrected chi connectivity index (χ3v) is 1.38. The van der Waals surface area contributed by atoms with Crippen molar-refractivity contribution < 1.29 is 4.79 Å². The van der Waals surface area contributed by atoms with Gasteiger partial charge < -0.3 is 11.1 Å². The normalized spacial score (nSPS) is 10.3. The molecular weight excluding hydrogens is 164 g/mol. The van der Waals surface area contributed by atoms with E-state index in [9.17, 15) is 4.79 Å². The van der Waals surface area contributed by atoms with Crippen molar-refractivity contribution in [3.63, 3.8) is 0 Å². The van der Waals surface area contributed by atoms with Gasteiger partial charge in [-0.25, -0.2) is 0 Å². The quantitative estimate of drug-likeness (QED) is 0.653. The Morgan fingerprint density at radius 3 is 2.08 bits per heavy atom. The highest BCUT2D eigenvalue weighted by Crippen LogP contribution is 2.01. The lowest BCUT2D eigenvalue weighted by molar-refractivity contribution is -0.114. The lowest BCUT2D eigenvalue weighted by Crippen LogP contribution is -2.13. The third kappa shape index (κ3) is 11.2. The molecule has 0 unspecified atom stereocenters. The van der Waals surface area contributed by atoms with Gasteiger partial charge in [-0.1, -0.05) is 26.3 Å². The molecule has 3 heteroatoms. The van der Waals surface area contributed by atoms with Crippen molar-refractivity contribution in [2.24, 2.45) is 5.73 Å². The lowest BCUT2D eigenvalue weighted by Gasteiger charge is -1.96. The SMILES string of the molecule is CCCC=C(CC)C(N)=O.CNC. The molecule has 0 aliphatic rings. The van der Waals surface area contributed by atoms with E-state index in [4.69, 9.17) is 5.73 Å². The fourth-order valence-corrected chi connectivity index (χ4v) is 0.738. The summed E-state index contributed by atoms with van der Waals surface area (Å²) in [4.78, 5) is 10.6. The Balaban J connectivity index is 0. The van der Waals surface area contributed by atoms with Crippen LogP contribution in [0.15, 0.2) is 11.6 Å². The molecule has 1 amide bonds. The van der Waals surface area contributed by atoms with Crippen LogP contribution in [0.2, 0.25) is 0 Å². The number of hydrogen-bond donors (Lipinski definition) is 2. The highest BCUT2D eigenvalue weighted by Gasteiger charge is 1.98. The fraction of sp³-hybridized carbons (Fsp3) is 0.700. The number of amides is 1. The molecule has 0 atom stereocenters. The minimum absolute atomic E-state index is 0.282.